The summed E-state index contributed by atoms with van der Waals surface area (Å²) in [6.45, 7) is 3.42. The number of rotatable bonds is 7. The number of thiazole rings is 1. The van der Waals surface area contributed by atoms with E-state index >= 15 is 0 Å². The Kier molecular flexibility index (Phi) is 6.97. The van der Waals surface area contributed by atoms with E-state index in [0.717, 1.165) is 47.3 Å². The van der Waals surface area contributed by atoms with Crippen LogP contribution in [0.4, 0.5) is 5.13 Å². The Bertz CT molecular complexity index is 1230. The Morgan fingerprint density at radius 2 is 1.57 bits per heavy atom. The molecule has 180 valence electrons. The van der Waals surface area contributed by atoms with Gasteiger partial charge in [0.15, 0.2) is 5.13 Å². The minimum Gasteiger partial charge on any atom is -0.494 e. The van der Waals surface area contributed by atoms with Crippen LogP contribution in [-0.4, -0.2) is 67.6 Å². The molecule has 0 bridgehead atoms. The molecule has 1 saturated heterocycles. The van der Waals surface area contributed by atoms with E-state index < -0.39 is 0 Å². The van der Waals surface area contributed by atoms with Crippen molar-refractivity contribution in [1.29, 1.82) is 0 Å². The quantitative estimate of drug-likeness (QED) is 0.380. The molecule has 6 nitrogen and oxygen atoms in total. The van der Waals surface area contributed by atoms with Crippen LogP contribution in [0, 0.1) is 0 Å². The van der Waals surface area contributed by atoms with E-state index in [9.17, 15) is 4.79 Å². The number of nitrogens with zero attached hydrogens (tertiary/aromatic N) is 4. The van der Waals surface area contributed by atoms with E-state index in [4.69, 9.17) is 9.72 Å². The van der Waals surface area contributed by atoms with E-state index in [0.29, 0.717) is 6.54 Å². The topological polar surface area (TPSA) is 48.9 Å². The van der Waals surface area contributed by atoms with Crippen molar-refractivity contribution in [3.8, 4) is 5.75 Å². The zero-order valence-corrected chi connectivity index (χ0v) is 20.9. The summed E-state index contributed by atoms with van der Waals surface area (Å²) in [6.07, 6.45) is 0. The molecule has 2 heterocycles. The van der Waals surface area contributed by atoms with Crippen molar-refractivity contribution >= 4 is 32.6 Å². The highest BCUT2D eigenvalue weighted by Gasteiger charge is 2.28. The maximum atomic E-state index is 13.2. The molecule has 5 rings (SSSR count). The highest BCUT2D eigenvalue weighted by Crippen LogP contribution is 2.34. The first-order valence-corrected chi connectivity index (χ1v) is 12.7. The molecular weight excluding hydrogens is 456 g/mol. The number of amides is 1. The average Bonchev–Trinajstić information content (AvgIpc) is 3.35. The zero-order chi connectivity index (χ0) is 24.2. The summed E-state index contributed by atoms with van der Waals surface area (Å²) in [6, 6.07) is 27.4. The molecule has 0 spiro atoms. The number of anilines is 1. The van der Waals surface area contributed by atoms with Crippen molar-refractivity contribution < 1.29 is 9.53 Å². The normalized spacial score (nSPS) is 14.4. The molecule has 7 heteroatoms. The lowest BCUT2D eigenvalue weighted by Crippen LogP contribution is -2.51. The predicted octanol–water partition coefficient (Wildman–Crippen LogP) is 4.67. The Balaban J connectivity index is 1.24. The Hall–Kier alpha value is -3.42. The van der Waals surface area contributed by atoms with Gasteiger partial charge in [0, 0.05) is 33.2 Å². The molecule has 1 aliphatic rings. The van der Waals surface area contributed by atoms with Gasteiger partial charge in [0.1, 0.15) is 11.3 Å². The van der Waals surface area contributed by atoms with Gasteiger partial charge in [-0.1, -0.05) is 78.1 Å². The molecule has 35 heavy (non-hydrogen) atoms. The Morgan fingerprint density at radius 3 is 2.17 bits per heavy atom. The molecule has 0 radical (unpaired) electrons. The summed E-state index contributed by atoms with van der Waals surface area (Å²) in [7, 11) is 3.58. The zero-order valence-electron chi connectivity index (χ0n) is 20.1. The molecule has 0 saturated carbocycles. The number of ether oxygens (including phenoxy) is 1. The summed E-state index contributed by atoms with van der Waals surface area (Å²) >= 11 is 1.58. The maximum absolute atomic E-state index is 13.2. The number of hydrogen-bond acceptors (Lipinski definition) is 6. The van der Waals surface area contributed by atoms with Crippen LogP contribution in [0.15, 0.2) is 78.9 Å². The van der Waals surface area contributed by atoms with Crippen molar-refractivity contribution in [2.75, 3.05) is 51.8 Å². The van der Waals surface area contributed by atoms with Gasteiger partial charge >= 0.3 is 0 Å². The molecule has 0 unspecified atom stereocenters. The first-order valence-electron chi connectivity index (χ1n) is 11.9. The van der Waals surface area contributed by atoms with Crippen molar-refractivity contribution in [1.82, 2.24) is 14.8 Å². The van der Waals surface area contributed by atoms with Gasteiger partial charge in [0.25, 0.3) is 0 Å². The minimum absolute atomic E-state index is 0.134. The molecule has 1 fully saturated rings. The van der Waals surface area contributed by atoms with Gasteiger partial charge in [-0.3, -0.25) is 9.69 Å². The van der Waals surface area contributed by atoms with Gasteiger partial charge in [-0.05, 0) is 23.3 Å². The lowest BCUT2D eigenvalue weighted by atomic mass is 9.96. The number of hydrogen-bond donors (Lipinski definition) is 0. The highest BCUT2D eigenvalue weighted by molar-refractivity contribution is 7.22. The molecule has 0 atom stereocenters. The van der Waals surface area contributed by atoms with Crippen molar-refractivity contribution in [3.05, 3.63) is 90.0 Å². The second-order valence-corrected chi connectivity index (χ2v) is 9.81. The summed E-state index contributed by atoms with van der Waals surface area (Å²) < 4.78 is 6.49. The van der Waals surface area contributed by atoms with E-state index in [1.807, 2.05) is 35.0 Å². The first-order chi connectivity index (χ1) is 17.1. The maximum Gasteiger partial charge on any atom is 0.242 e. The second-order valence-electron chi connectivity index (χ2n) is 8.80. The fourth-order valence-electron chi connectivity index (χ4n) is 4.72. The first kappa shape index (κ1) is 23.3. The molecule has 0 N–H and O–H groups in total. The minimum atomic E-state index is 0.134. The van der Waals surface area contributed by atoms with Crippen LogP contribution in [0.2, 0.25) is 0 Å². The number of carbonyl (C=O) groups is 1. The van der Waals surface area contributed by atoms with Crippen LogP contribution < -0.4 is 9.64 Å². The number of likely N-dealkylation sites (N-methyl/N-ethyl adjacent to an activating group) is 1. The predicted molar refractivity (Wildman–Crippen MR) is 142 cm³/mol. The fraction of sp³-hybridized carbons (Fsp3) is 0.286. The van der Waals surface area contributed by atoms with Crippen molar-refractivity contribution in [3.63, 3.8) is 0 Å². The number of piperazine rings is 1. The lowest BCUT2D eigenvalue weighted by Gasteiger charge is -2.40. The number of aromatic nitrogens is 1. The molecule has 1 amide bonds. The number of methoxy groups -OCH3 is 1. The number of fused-ring (bicyclic) bond motifs is 1. The second kappa shape index (κ2) is 10.5. The molecular formula is C28H30N4O2S. The summed E-state index contributed by atoms with van der Waals surface area (Å²) in [4.78, 5) is 24.3. The van der Waals surface area contributed by atoms with E-state index in [-0.39, 0.29) is 11.9 Å². The smallest absolute Gasteiger partial charge is 0.242 e. The van der Waals surface area contributed by atoms with Gasteiger partial charge in [0.2, 0.25) is 5.91 Å². The van der Waals surface area contributed by atoms with Crippen LogP contribution in [0.25, 0.3) is 10.2 Å². The standard InChI is InChI=1S/C28H30N4O2S/c1-30(28-29-26-23(34-2)14-9-15-24(26)35-28)20-25(33)31-16-18-32(19-17-31)27(21-10-5-3-6-11-21)22-12-7-4-8-13-22/h3-15,27H,16-20H2,1-2H3. The largest absolute Gasteiger partial charge is 0.494 e. The number of para-hydroxylation sites is 1. The van der Waals surface area contributed by atoms with Crippen LogP contribution >= 0.6 is 11.3 Å². The van der Waals surface area contributed by atoms with E-state index in [1.54, 1.807) is 18.4 Å². The molecule has 1 aromatic heterocycles. The molecule has 3 aromatic carbocycles. The average molecular weight is 487 g/mol. The summed E-state index contributed by atoms with van der Waals surface area (Å²) in [5.41, 5.74) is 3.41. The van der Waals surface area contributed by atoms with Crippen LogP contribution in [0.5, 0.6) is 5.75 Å². The van der Waals surface area contributed by atoms with Crippen molar-refractivity contribution in [2.45, 2.75) is 6.04 Å². The van der Waals surface area contributed by atoms with Gasteiger partial charge in [-0.15, -0.1) is 0 Å². The SMILES string of the molecule is COc1cccc2sc(N(C)CC(=O)N3CCN(C(c4ccccc4)c4ccccc4)CC3)nc12. The van der Waals surface area contributed by atoms with Gasteiger partial charge in [0.05, 0.1) is 24.4 Å². The third kappa shape index (κ3) is 5.01. The third-order valence-corrected chi connectivity index (χ3v) is 7.69. The van der Waals surface area contributed by atoms with E-state index in [2.05, 4.69) is 65.6 Å². The van der Waals surface area contributed by atoms with Gasteiger partial charge < -0.3 is 14.5 Å². The van der Waals surface area contributed by atoms with Crippen LogP contribution in [0.1, 0.15) is 17.2 Å². The Morgan fingerprint density at radius 1 is 0.943 bits per heavy atom. The number of benzene rings is 3. The monoisotopic (exact) mass is 486 g/mol. The fourth-order valence-corrected chi connectivity index (χ4v) is 5.67. The molecule has 0 aliphatic carbocycles. The van der Waals surface area contributed by atoms with Crippen molar-refractivity contribution in [2.24, 2.45) is 0 Å². The molecule has 4 aromatic rings. The van der Waals surface area contributed by atoms with E-state index in [1.165, 1.54) is 11.1 Å². The van der Waals surface area contributed by atoms with Crippen LogP contribution in [-0.2, 0) is 4.79 Å². The third-order valence-electron chi connectivity index (χ3n) is 6.55. The van der Waals surface area contributed by atoms with Gasteiger partial charge in [-0.25, -0.2) is 4.98 Å². The Labute approximate surface area is 210 Å². The summed E-state index contributed by atoms with van der Waals surface area (Å²) in [5.74, 6) is 0.890. The summed E-state index contributed by atoms with van der Waals surface area (Å²) in [5, 5.41) is 0.824. The number of carbonyl (C=O) groups excluding carboxylic acids is 1. The van der Waals surface area contributed by atoms with Crippen LogP contribution in [0.3, 0.4) is 0 Å². The highest BCUT2D eigenvalue weighted by atomic mass is 32.1. The van der Waals surface area contributed by atoms with Gasteiger partial charge in [-0.2, -0.15) is 0 Å². The lowest BCUT2D eigenvalue weighted by molar-refractivity contribution is -0.131. The molecule has 1 aliphatic heterocycles.